The molecule has 4 heterocycles. The quantitative estimate of drug-likeness (QED) is 0.672. The summed E-state index contributed by atoms with van der Waals surface area (Å²) in [4.78, 5) is 12.0. The third-order valence-corrected chi connectivity index (χ3v) is 7.56. The molecule has 1 aromatic carbocycles. The van der Waals surface area contributed by atoms with Gasteiger partial charge in [-0.3, -0.25) is 4.40 Å². The van der Waals surface area contributed by atoms with Crippen LogP contribution in [-0.2, 0) is 4.74 Å². The summed E-state index contributed by atoms with van der Waals surface area (Å²) in [5, 5.41) is 0.754. The summed E-state index contributed by atoms with van der Waals surface area (Å²) < 4.78 is 7.96. The molecule has 2 saturated heterocycles. The van der Waals surface area contributed by atoms with Crippen molar-refractivity contribution in [2.24, 2.45) is 11.1 Å². The van der Waals surface area contributed by atoms with Crippen molar-refractivity contribution in [3.8, 4) is 11.1 Å². The molecule has 30 heavy (non-hydrogen) atoms. The van der Waals surface area contributed by atoms with Gasteiger partial charge in [-0.15, -0.1) is 0 Å². The van der Waals surface area contributed by atoms with E-state index in [1.54, 1.807) is 0 Å². The first-order valence-corrected chi connectivity index (χ1v) is 11.0. The molecule has 0 radical (unpaired) electrons. The predicted octanol–water partition coefficient (Wildman–Crippen LogP) is 4.00. The molecule has 5 rings (SSSR count). The van der Waals surface area contributed by atoms with Crippen molar-refractivity contribution in [2.45, 2.75) is 45.8 Å². The minimum absolute atomic E-state index is 0.0913. The fraction of sp³-hybridized carbons (Fsp3) is 0.478. The minimum Gasteiger partial charge on any atom is -0.376 e. The van der Waals surface area contributed by atoms with Crippen molar-refractivity contribution in [3.05, 3.63) is 46.9 Å². The highest BCUT2D eigenvalue weighted by atomic mass is 35.5. The number of nitrogens with zero attached hydrogens (tertiary/aromatic N) is 4. The van der Waals surface area contributed by atoms with Crippen molar-refractivity contribution in [2.75, 3.05) is 24.6 Å². The van der Waals surface area contributed by atoms with Crippen LogP contribution in [0, 0.1) is 19.3 Å². The number of nitrogens with two attached hydrogens (primary N) is 1. The second-order valence-electron chi connectivity index (χ2n) is 8.82. The van der Waals surface area contributed by atoms with E-state index in [9.17, 15) is 0 Å². The van der Waals surface area contributed by atoms with E-state index in [2.05, 4.69) is 21.2 Å². The third-order valence-electron chi connectivity index (χ3n) is 7.06. The van der Waals surface area contributed by atoms with Crippen LogP contribution in [0.4, 0.5) is 5.95 Å². The molecular weight excluding hydrogens is 398 g/mol. The Balaban J connectivity index is 1.52. The number of anilines is 1. The second-order valence-corrected chi connectivity index (χ2v) is 9.20. The lowest BCUT2D eigenvalue weighted by Crippen LogP contribution is -2.51. The molecule has 0 saturated carbocycles. The Morgan fingerprint density at radius 1 is 1.23 bits per heavy atom. The average molecular weight is 426 g/mol. The van der Waals surface area contributed by atoms with Gasteiger partial charge in [-0.1, -0.05) is 29.8 Å². The number of ether oxygens (including phenoxy) is 1. The molecule has 2 atom stereocenters. The summed E-state index contributed by atoms with van der Waals surface area (Å²) in [6, 6.07) is 6.20. The van der Waals surface area contributed by atoms with Crippen LogP contribution >= 0.6 is 11.6 Å². The lowest BCUT2D eigenvalue weighted by Gasteiger charge is -2.41. The van der Waals surface area contributed by atoms with Crippen molar-refractivity contribution in [1.29, 1.82) is 0 Å². The van der Waals surface area contributed by atoms with Gasteiger partial charge in [0.05, 0.1) is 23.4 Å². The average Bonchev–Trinajstić information content (AvgIpc) is 3.32. The van der Waals surface area contributed by atoms with E-state index in [1.165, 1.54) is 0 Å². The topological polar surface area (TPSA) is 68.7 Å². The number of imidazole rings is 1. The van der Waals surface area contributed by atoms with Crippen molar-refractivity contribution >= 4 is 23.2 Å². The van der Waals surface area contributed by atoms with Crippen LogP contribution in [0.2, 0.25) is 5.02 Å². The number of aryl methyl sites for hydroxylation is 2. The largest absolute Gasteiger partial charge is 0.376 e. The lowest BCUT2D eigenvalue weighted by molar-refractivity contribution is 0.0973. The molecule has 0 bridgehead atoms. The number of piperidine rings is 1. The summed E-state index contributed by atoms with van der Waals surface area (Å²) in [7, 11) is 0. The molecule has 2 aliphatic rings. The molecule has 0 amide bonds. The number of benzene rings is 1. The fourth-order valence-electron chi connectivity index (χ4n) is 5.08. The van der Waals surface area contributed by atoms with Crippen LogP contribution in [-0.4, -0.2) is 46.2 Å². The van der Waals surface area contributed by atoms with Gasteiger partial charge in [0.15, 0.2) is 0 Å². The summed E-state index contributed by atoms with van der Waals surface area (Å²) >= 11 is 6.65. The van der Waals surface area contributed by atoms with Crippen LogP contribution < -0.4 is 10.6 Å². The first-order valence-electron chi connectivity index (χ1n) is 10.6. The van der Waals surface area contributed by atoms with Gasteiger partial charge >= 0.3 is 0 Å². The number of hydrogen-bond donors (Lipinski definition) is 1. The number of halogens is 1. The number of hydrogen-bond acceptors (Lipinski definition) is 5. The van der Waals surface area contributed by atoms with E-state index in [-0.39, 0.29) is 17.6 Å². The van der Waals surface area contributed by atoms with E-state index in [4.69, 9.17) is 27.1 Å². The maximum atomic E-state index is 6.65. The van der Waals surface area contributed by atoms with Crippen molar-refractivity contribution in [1.82, 2.24) is 14.4 Å². The Labute approximate surface area is 182 Å². The van der Waals surface area contributed by atoms with E-state index in [1.807, 2.05) is 44.4 Å². The summed E-state index contributed by atoms with van der Waals surface area (Å²) in [5.41, 5.74) is 11.4. The number of fused-ring (bicyclic) bond motifs is 1. The Hall–Kier alpha value is -2.15. The Kier molecular flexibility index (Phi) is 4.76. The highest BCUT2D eigenvalue weighted by Crippen LogP contribution is 2.42. The zero-order valence-corrected chi connectivity index (χ0v) is 18.5. The van der Waals surface area contributed by atoms with Gasteiger partial charge in [0, 0.05) is 48.1 Å². The number of rotatable bonds is 2. The molecule has 1 spiro atoms. The van der Waals surface area contributed by atoms with Gasteiger partial charge in [0.1, 0.15) is 5.65 Å². The highest BCUT2D eigenvalue weighted by molar-refractivity contribution is 6.34. The summed E-state index contributed by atoms with van der Waals surface area (Å²) in [6.07, 6.45) is 5.99. The molecule has 2 aromatic heterocycles. The zero-order valence-electron chi connectivity index (χ0n) is 17.7. The molecule has 2 aliphatic heterocycles. The second kappa shape index (κ2) is 7.22. The molecule has 7 heteroatoms. The zero-order chi connectivity index (χ0) is 21.0. The monoisotopic (exact) mass is 425 g/mol. The van der Waals surface area contributed by atoms with Crippen LogP contribution in [0.3, 0.4) is 0 Å². The molecule has 2 fully saturated rings. The van der Waals surface area contributed by atoms with Gasteiger partial charge in [-0.2, -0.15) is 0 Å². The van der Waals surface area contributed by atoms with Crippen molar-refractivity contribution in [3.63, 3.8) is 0 Å². The molecule has 158 valence electrons. The van der Waals surface area contributed by atoms with Crippen LogP contribution in [0.5, 0.6) is 0 Å². The summed E-state index contributed by atoms with van der Waals surface area (Å²) in [6.45, 7) is 8.73. The highest BCUT2D eigenvalue weighted by Gasteiger charge is 2.47. The van der Waals surface area contributed by atoms with E-state index in [0.717, 1.165) is 71.5 Å². The Morgan fingerprint density at radius 2 is 2.00 bits per heavy atom. The maximum absolute atomic E-state index is 6.65. The smallest absolute Gasteiger partial charge is 0.211 e. The molecule has 0 aliphatic carbocycles. The molecule has 0 unspecified atom stereocenters. The summed E-state index contributed by atoms with van der Waals surface area (Å²) in [5.74, 6) is 0.933. The third kappa shape index (κ3) is 2.93. The minimum atomic E-state index is 0.0913. The van der Waals surface area contributed by atoms with Gasteiger partial charge in [0.2, 0.25) is 5.95 Å². The van der Waals surface area contributed by atoms with E-state index < -0.39 is 0 Å². The fourth-order valence-corrected chi connectivity index (χ4v) is 5.30. The van der Waals surface area contributed by atoms with Crippen LogP contribution in [0.25, 0.3) is 16.8 Å². The van der Waals surface area contributed by atoms with Gasteiger partial charge in [0.25, 0.3) is 0 Å². The van der Waals surface area contributed by atoms with Gasteiger partial charge in [-0.25, -0.2) is 9.97 Å². The Morgan fingerprint density at radius 3 is 2.70 bits per heavy atom. The number of aromatic nitrogens is 3. The van der Waals surface area contributed by atoms with Gasteiger partial charge in [-0.05, 0) is 39.2 Å². The first-order chi connectivity index (χ1) is 14.4. The normalized spacial score (nSPS) is 23.6. The molecular formula is C23H28ClN5O. The SMILES string of the molecule is Cc1cccc(-c2c(C)nc(N3CCC4(CC3)CO[C@@H](C)[C@H]4N)n3ccnc23)c1Cl. The molecule has 3 aromatic rings. The first kappa shape index (κ1) is 19.8. The molecule has 2 N–H and O–H groups in total. The van der Waals surface area contributed by atoms with E-state index in [0.29, 0.717) is 0 Å². The Bertz CT molecular complexity index is 1100. The van der Waals surface area contributed by atoms with Crippen LogP contribution in [0.15, 0.2) is 30.6 Å². The lowest BCUT2D eigenvalue weighted by atomic mass is 9.73. The maximum Gasteiger partial charge on any atom is 0.211 e. The van der Waals surface area contributed by atoms with Crippen molar-refractivity contribution < 1.29 is 4.74 Å². The predicted molar refractivity (Wildman–Crippen MR) is 120 cm³/mol. The van der Waals surface area contributed by atoms with Crippen LogP contribution in [0.1, 0.15) is 31.0 Å². The van der Waals surface area contributed by atoms with Gasteiger partial charge < -0.3 is 15.4 Å². The molecule has 6 nitrogen and oxygen atoms in total. The standard InChI is InChI=1S/C23H28ClN5O/c1-14-5-4-6-17(19(14)24)18-15(2)27-22(29-12-9-26-21(18)29)28-10-7-23(8-11-28)13-30-16(3)20(23)25/h4-6,9,12,16,20H,7-8,10-11,13,25H2,1-3H3/t16-,20+/m0/s1. The van der Waals surface area contributed by atoms with E-state index >= 15 is 0 Å².